The number of fused-ring (bicyclic) bond motifs is 17. The van der Waals surface area contributed by atoms with Gasteiger partial charge in [0.25, 0.3) is 0 Å². The van der Waals surface area contributed by atoms with Gasteiger partial charge in [0, 0.05) is 22.5 Å². The summed E-state index contributed by atoms with van der Waals surface area (Å²) in [7, 11) is 0. The maximum atomic E-state index is 5.18. The Balaban J connectivity index is 1.12. The Morgan fingerprint density at radius 1 is 0.387 bits per heavy atom. The lowest BCUT2D eigenvalue weighted by Crippen LogP contribution is -2.26. The molecule has 1 spiro atoms. The normalized spacial score (nSPS) is 14.8. The number of pyridine rings is 1. The summed E-state index contributed by atoms with van der Waals surface area (Å²) in [6.45, 7) is 0. The van der Waals surface area contributed by atoms with Crippen molar-refractivity contribution >= 4 is 54.1 Å². The molecule has 1 unspecified atom stereocenters. The molecule has 0 saturated carbocycles. The molecule has 2 aliphatic carbocycles. The summed E-state index contributed by atoms with van der Waals surface area (Å²) in [5.74, 6) is 0.591. The lowest BCUT2D eigenvalue weighted by Gasteiger charge is -2.30. The molecule has 286 valence electrons. The molecule has 0 saturated heterocycles. The van der Waals surface area contributed by atoms with Gasteiger partial charge in [0.2, 0.25) is 5.95 Å². The van der Waals surface area contributed by atoms with Gasteiger partial charge in [-0.1, -0.05) is 152 Å². The Kier molecular flexibility index (Phi) is 6.70. The highest BCUT2D eigenvalue weighted by atomic mass is 15.2. The Morgan fingerprint density at radius 3 is 1.81 bits per heavy atom. The zero-order chi connectivity index (χ0) is 40.5. The molecule has 0 bridgehead atoms. The third-order valence-corrected chi connectivity index (χ3v) is 13.7. The van der Waals surface area contributed by atoms with Crippen LogP contribution in [0.1, 0.15) is 22.3 Å². The second-order valence-electron chi connectivity index (χ2n) is 16.5. The summed E-state index contributed by atoms with van der Waals surface area (Å²) in [5, 5.41) is 9.70. The maximum Gasteiger partial charge on any atom is 0.237 e. The van der Waals surface area contributed by atoms with Gasteiger partial charge < -0.3 is 0 Å². The number of aromatic nitrogens is 5. The molecule has 2 aliphatic rings. The van der Waals surface area contributed by atoms with Gasteiger partial charge in [-0.2, -0.15) is 0 Å². The van der Waals surface area contributed by atoms with E-state index in [1.807, 2.05) is 6.20 Å². The topological polar surface area (TPSA) is 56.5 Å². The Bertz CT molecular complexity index is 3810. The van der Waals surface area contributed by atoms with E-state index in [1.54, 1.807) is 12.7 Å². The molecule has 0 amide bonds. The zero-order valence-electron chi connectivity index (χ0n) is 33.3. The molecule has 5 nitrogen and oxygen atoms in total. The molecule has 0 fully saturated rings. The van der Waals surface area contributed by atoms with Crippen molar-refractivity contribution in [3.63, 3.8) is 0 Å². The number of hydrogen-bond donors (Lipinski definition) is 0. The summed E-state index contributed by atoms with van der Waals surface area (Å²) >= 11 is 0. The number of rotatable bonds is 3. The third-order valence-electron chi connectivity index (χ3n) is 13.7. The molecular weight excluding hydrogens is 755 g/mol. The highest BCUT2D eigenvalue weighted by Gasteiger charge is 2.52. The second-order valence-corrected chi connectivity index (χ2v) is 16.5. The van der Waals surface area contributed by atoms with Crippen LogP contribution in [0.15, 0.2) is 201 Å². The van der Waals surface area contributed by atoms with Crippen molar-refractivity contribution in [1.82, 2.24) is 24.5 Å². The van der Waals surface area contributed by atoms with Crippen LogP contribution in [0, 0.1) is 0 Å². The van der Waals surface area contributed by atoms with Gasteiger partial charge >= 0.3 is 0 Å². The van der Waals surface area contributed by atoms with Crippen LogP contribution in [0.25, 0.3) is 105 Å². The van der Waals surface area contributed by atoms with Crippen LogP contribution in [0.4, 0.5) is 0 Å². The van der Waals surface area contributed by atoms with Gasteiger partial charge in [0.1, 0.15) is 12.7 Å². The van der Waals surface area contributed by atoms with Crippen LogP contribution in [0.3, 0.4) is 0 Å². The van der Waals surface area contributed by atoms with Crippen LogP contribution in [-0.4, -0.2) is 24.5 Å². The summed E-state index contributed by atoms with van der Waals surface area (Å²) in [6, 6.07) is 67.1. The molecular formula is C57H33N5. The predicted octanol–water partition coefficient (Wildman–Crippen LogP) is 13.5. The van der Waals surface area contributed by atoms with Crippen molar-refractivity contribution in [1.29, 1.82) is 0 Å². The van der Waals surface area contributed by atoms with Crippen LogP contribution in [-0.2, 0) is 5.41 Å². The standard InChI is InChI=1S/C57H33N5/c1-2-14-35(15-3-1)52-39-18-6-8-20-41(39)53(42-21-9-7-19-40(42)52)36-24-26-43-48(29-36)57(47-23-12-28-59-55(43)47)46-22-11-10-17-38(46)44-30-45-51(31-49(44)57)62(56-60-32-58-33-61-56)50-27-25-34-13-4-5-16-37(34)54(45)50/h1-33H. The fraction of sp³-hybridized carbons (Fsp3) is 0.0175. The molecule has 14 rings (SSSR count). The van der Waals surface area contributed by atoms with Gasteiger partial charge in [0.05, 0.1) is 22.1 Å². The first-order valence-corrected chi connectivity index (χ1v) is 21.1. The Labute approximate surface area is 356 Å². The van der Waals surface area contributed by atoms with Gasteiger partial charge in [0.15, 0.2) is 0 Å². The highest BCUT2D eigenvalue weighted by Crippen LogP contribution is 2.64. The molecule has 3 aromatic heterocycles. The summed E-state index contributed by atoms with van der Waals surface area (Å²) in [4.78, 5) is 18.9. The van der Waals surface area contributed by atoms with Crippen LogP contribution < -0.4 is 0 Å². The largest absolute Gasteiger partial charge is 0.278 e. The SMILES string of the molecule is c1ccc(-c2c3ccccc3c(-c3ccc4c(c3)C3(c5ccccc5-c5cc6c7c8ccccc8ccc7n(-c7ncncn7)c6cc53)c3cccnc3-4)c3ccccc23)cc1. The molecule has 62 heavy (non-hydrogen) atoms. The monoisotopic (exact) mass is 787 g/mol. The summed E-state index contributed by atoms with van der Waals surface area (Å²) in [6.07, 6.45) is 5.11. The smallest absolute Gasteiger partial charge is 0.237 e. The van der Waals surface area contributed by atoms with Crippen LogP contribution in [0.5, 0.6) is 0 Å². The van der Waals surface area contributed by atoms with E-state index in [1.165, 1.54) is 93.3 Å². The average molecular weight is 788 g/mol. The molecule has 0 aliphatic heterocycles. The first-order chi connectivity index (χ1) is 30.8. The van der Waals surface area contributed by atoms with E-state index < -0.39 is 5.41 Å². The lowest BCUT2D eigenvalue weighted by molar-refractivity contribution is 0.792. The quantitative estimate of drug-likeness (QED) is 0.167. The van der Waals surface area contributed by atoms with Crippen LogP contribution in [0.2, 0.25) is 0 Å². The van der Waals surface area contributed by atoms with E-state index in [0.717, 1.165) is 27.7 Å². The van der Waals surface area contributed by atoms with Crippen molar-refractivity contribution in [2.75, 3.05) is 0 Å². The van der Waals surface area contributed by atoms with Crippen molar-refractivity contribution in [3.05, 3.63) is 223 Å². The van der Waals surface area contributed by atoms with Gasteiger partial charge in [-0.05, 0) is 118 Å². The van der Waals surface area contributed by atoms with E-state index in [4.69, 9.17) is 15.0 Å². The minimum absolute atomic E-state index is 0.591. The highest BCUT2D eigenvalue weighted by molar-refractivity contribution is 6.23. The number of hydrogen-bond acceptors (Lipinski definition) is 4. The van der Waals surface area contributed by atoms with Crippen molar-refractivity contribution in [2.24, 2.45) is 0 Å². The van der Waals surface area contributed by atoms with Crippen molar-refractivity contribution in [3.8, 4) is 50.6 Å². The molecule has 0 radical (unpaired) electrons. The van der Waals surface area contributed by atoms with Gasteiger partial charge in [-0.25, -0.2) is 15.0 Å². The number of nitrogens with zero attached hydrogens (tertiary/aromatic N) is 5. The molecule has 5 heteroatoms. The molecule has 1 atom stereocenters. The maximum absolute atomic E-state index is 5.18. The third kappa shape index (κ3) is 4.26. The second kappa shape index (κ2) is 12.4. The predicted molar refractivity (Wildman–Crippen MR) is 252 cm³/mol. The molecule has 12 aromatic rings. The fourth-order valence-corrected chi connectivity index (χ4v) is 11.3. The average Bonchev–Trinajstić information content (AvgIpc) is 3.94. The lowest BCUT2D eigenvalue weighted by atomic mass is 9.70. The number of benzene rings is 9. The first-order valence-electron chi connectivity index (χ1n) is 21.1. The van der Waals surface area contributed by atoms with E-state index in [9.17, 15) is 0 Å². The van der Waals surface area contributed by atoms with Crippen LogP contribution >= 0.6 is 0 Å². The van der Waals surface area contributed by atoms with Crippen molar-refractivity contribution in [2.45, 2.75) is 5.41 Å². The molecule has 0 N–H and O–H groups in total. The fourth-order valence-electron chi connectivity index (χ4n) is 11.3. The van der Waals surface area contributed by atoms with Gasteiger partial charge in [-0.3, -0.25) is 9.55 Å². The van der Waals surface area contributed by atoms with Gasteiger partial charge in [-0.15, -0.1) is 0 Å². The van der Waals surface area contributed by atoms with Crippen molar-refractivity contribution < 1.29 is 0 Å². The molecule has 3 heterocycles. The minimum Gasteiger partial charge on any atom is -0.278 e. The molecule has 9 aromatic carbocycles. The zero-order valence-corrected chi connectivity index (χ0v) is 33.3. The van der Waals surface area contributed by atoms with E-state index in [0.29, 0.717) is 5.95 Å². The Morgan fingerprint density at radius 2 is 1.03 bits per heavy atom. The van der Waals surface area contributed by atoms with E-state index >= 15 is 0 Å². The first kappa shape index (κ1) is 33.5. The summed E-state index contributed by atoms with van der Waals surface area (Å²) < 4.78 is 2.22. The van der Waals surface area contributed by atoms with E-state index in [2.05, 4.69) is 192 Å². The van der Waals surface area contributed by atoms with E-state index in [-0.39, 0.29) is 0 Å². The minimum atomic E-state index is -0.646. The Hall–Kier alpha value is -8.28. The summed E-state index contributed by atoms with van der Waals surface area (Å²) in [5.41, 5.74) is 15.9.